The lowest BCUT2D eigenvalue weighted by Crippen LogP contribution is -2.13. The molecule has 20 heavy (non-hydrogen) atoms. The predicted octanol–water partition coefficient (Wildman–Crippen LogP) is 4.28. The summed E-state index contributed by atoms with van der Waals surface area (Å²) < 4.78 is 13.7. The minimum Gasteiger partial charge on any atom is -0.292 e. The monoisotopic (exact) mass is 287 g/mol. The van der Waals surface area contributed by atoms with Crippen LogP contribution in [0.15, 0.2) is 42.5 Å². The van der Waals surface area contributed by atoms with Crippen LogP contribution in [0.5, 0.6) is 0 Å². The lowest BCUT2D eigenvalue weighted by molar-refractivity contribution is 0.0977. The largest absolute Gasteiger partial charge is 0.292 e. The maximum Gasteiger partial charge on any atom is 0.184 e. The zero-order valence-electron chi connectivity index (χ0n) is 10.7. The first kappa shape index (κ1) is 14.2. The Morgan fingerprint density at radius 1 is 1.30 bits per heavy atom. The second kappa shape index (κ2) is 5.85. The Bertz CT molecular complexity index is 706. The van der Waals surface area contributed by atoms with Crippen molar-refractivity contribution in [3.8, 4) is 6.07 Å². The van der Waals surface area contributed by atoms with E-state index in [1.165, 1.54) is 24.3 Å². The van der Waals surface area contributed by atoms with Crippen molar-refractivity contribution in [2.45, 2.75) is 12.8 Å². The average molecular weight is 288 g/mol. The fraction of sp³-hybridized carbons (Fsp3) is 0.125. The summed E-state index contributed by atoms with van der Waals surface area (Å²) in [6.45, 7) is 1.81. The minimum atomic E-state index is -1.17. The number of hydrogen-bond acceptors (Lipinski definition) is 2. The number of carbonyl (C=O) groups excluding carboxylic acids is 1. The molecule has 0 N–H and O–H groups in total. The van der Waals surface area contributed by atoms with Crippen molar-refractivity contribution in [3.63, 3.8) is 0 Å². The summed E-state index contributed by atoms with van der Waals surface area (Å²) in [5.41, 5.74) is 1.22. The van der Waals surface area contributed by atoms with Crippen LogP contribution in [0.2, 0.25) is 5.02 Å². The Morgan fingerprint density at radius 3 is 2.60 bits per heavy atom. The summed E-state index contributed by atoms with van der Waals surface area (Å²) in [5.74, 6) is -2.19. The number of carbonyl (C=O) groups is 1. The van der Waals surface area contributed by atoms with E-state index in [0.29, 0.717) is 10.6 Å². The zero-order chi connectivity index (χ0) is 14.7. The van der Waals surface area contributed by atoms with Crippen LogP contribution < -0.4 is 0 Å². The van der Waals surface area contributed by atoms with Gasteiger partial charge in [-0.15, -0.1) is 0 Å². The summed E-state index contributed by atoms with van der Waals surface area (Å²) in [4.78, 5) is 12.3. The SMILES string of the molecule is Cc1ccc(C(=O)C(C#N)c2ccccc2F)cc1Cl. The molecule has 0 aromatic heterocycles. The molecule has 2 aromatic rings. The lowest BCUT2D eigenvalue weighted by Gasteiger charge is -2.10. The van der Waals surface area contributed by atoms with Crippen molar-refractivity contribution in [1.82, 2.24) is 0 Å². The van der Waals surface area contributed by atoms with Gasteiger partial charge in [-0.3, -0.25) is 4.79 Å². The topological polar surface area (TPSA) is 40.9 Å². The van der Waals surface area contributed by atoms with Crippen LogP contribution in [0.4, 0.5) is 4.39 Å². The highest BCUT2D eigenvalue weighted by molar-refractivity contribution is 6.31. The third-order valence-corrected chi connectivity index (χ3v) is 3.47. The molecule has 4 heteroatoms. The van der Waals surface area contributed by atoms with Crippen molar-refractivity contribution < 1.29 is 9.18 Å². The fourth-order valence-corrected chi connectivity index (χ4v) is 2.07. The maximum atomic E-state index is 13.7. The molecule has 0 fully saturated rings. The fourth-order valence-electron chi connectivity index (χ4n) is 1.89. The first-order chi connectivity index (χ1) is 9.54. The second-order valence-corrected chi connectivity index (χ2v) is 4.82. The van der Waals surface area contributed by atoms with Gasteiger partial charge in [-0.25, -0.2) is 4.39 Å². The van der Waals surface area contributed by atoms with Gasteiger partial charge in [0.15, 0.2) is 5.78 Å². The van der Waals surface area contributed by atoms with E-state index in [4.69, 9.17) is 11.6 Å². The van der Waals surface area contributed by atoms with Crippen LogP contribution in [0, 0.1) is 24.1 Å². The smallest absolute Gasteiger partial charge is 0.184 e. The van der Waals surface area contributed by atoms with Gasteiger partial charge in [-0.1, -0.05) is 41.9 Å². The number of nitriles is 1. The van der Waals surface area contributed by atoms with Crippen LogP contribution in [0.1, 0.15) is 27.4 Å². The van der Waals surface area contributed by atoms with Gasteiger partial charge >= 0.3 is 0 Å². The Hall–Kier alpha value is -2.18. The lowest BCUT2D eigenvalue weighted by atomic mass is 9.91. The number of halogens is 2. The average Bonchev–Trinajstić information content (AvgIpc) is 2.44. The number of hydrogen-bond donors (Lipinski definition) is 0. The van der Waals surface area contributed by atoms with Crippen molar-refractivity contribution >= 4 is 17.4 Å². The Morgan fingerprint density at radius 2 is 2.00 bits per heavy atom. The highest BCUT2D eigenvalue weighted by Gasteiger charge is 2.24. The highest BCUT2D eigenvalue weighted by Crippen LogP contribution is 2.25. The van der Waals surface area contributed by atoms with Gasteiger partial charge in [0.25, 0.3) is 0 Å². The van der Waals surface area contributed by atoms with E-state index < -0.39 is 17.5 Å². The van der Waals surface area contributed by atoms with E-state index in [1.54, 1.807) is 18.2 Å². The normalized spacial score (nSPS) is 11.7. The molecule has 100 valence electrons. The molecular formula is C16H11ClFNO. The predicted molar refractivity (Wildman–Crippen MR) is 75.3 cm³/mol. The van der Waals surface area contributed by atoms with Crippen molar-refractivity contribution in [2.75, 3.05) is 0 Å². The molecule has 0 heterocycles. The summed E-state index contributed by atoms with van der Waals surface area (Å²) in [6.07, 6.45) is 0. The molecule has 2 rings (SSSR count). The zero-order valence-corrected chi connectivity index (χ0v) is 11.5. The Kier molecular flexibility index (Phi) is 4.16. The molecule has 0 saturated carbocycles. The second-order valence-electron chi connectivity index (χ2n) is 4.41. The van der Waals surface area contributed by atoms with Gasteiger partial charge in [0.2, 0.25) is 0 Å². The van der Waals surface area contributed by atoms with Crippen molar-refractivity contribution in [1.29, 1.82) is 5.26 Å². The molecule has 0 aliphatic heterocycles. The molecule has 0 saturated heterocycles. The first-order valence-corrected chi connectivity index (χ1v) is 6.37. The number of nitrogens with zero attached hydrogens (tertiary/aromatic N) is 1. The quantitative estimate of drug-likeness (QED) is 0.791. The molecule has 0 aliphatic rings. The van der Waals surface area contributed by atoms with E-state index in [1.807, 2.05) is 13.0 Å². The standard InChI is InChI=1S/C16H11ClFNO/c1-10-6-7-11(8-14(10)17)16(20)13(9-19)12-4-2-3-5-15(12)18/h2-8,13H,1H3. The van der Waals surface area contributed by atoms with Gasteiger partial charge in [-0.05, 0) is 24.6 Å². The third kappa shape index (κ3) is 2.71. The molecule has 0 radical (unpaired) electrons. The van der Waals surface area contributed by atoms with E-state index in [9.17, 15) is 14.4 Å². The first-order valence-electron chi connectivity index (χ1n) is 5.99. The number of Topliss-reactive ketones (excluding diaryl/α,β-unsaturated/α-hetero) is 1. The van der Waals surface area contributed by atoms with Gasteiger partial charge < -0.3 is 0 Å². The summed E-state index contributed by atoms with van der Waals surface area (Å²) in [6, 6.07) is 12.4. The maximum absolute atomic E-state index is 13.7. The van der Waals surface area contributed by atoms with Crippen molar-refractivity contribution in [2.24, 2.45) is 0 Å². The van der Waals surface area contributed by atoms with Gasteiger partial charge in [-0.2, -0.15) is 5.26 Å². The molecule has 0 spiro atoms. The molecule has 1 atom stereocenters. The molecule has 0 amide bonds. The van der Waals surface area contributed by atoms with Crippen LogP contribution in [-0.4, -0.2) is 5.78 Å². The van der Waals surface area contributed by atoms with E-state index in [0.717, 1.165) is 5.56 Å². The van der Waals surface area contributed by atoms with Crippen LogP contribution in [-0.2, 0) is 0 Å². The van der Waals surface area contributed by atoms with Crippen LogP contribution >= 0.6 is 11.6 Å². The molecule has 0 aliphatic carbocycles. The third-order valence-electron chi connectivity index (χ3n) is 3.06. The number of rotatable bonds is 3. The van der Waals surface area contributed by atoms with Gasteiger partial charge in [0, 0.05) is 16.1 Å². The molecule has 2 aromatic carbocycles. The summed E-state index contributed by atoms with van der Waals surface area (Å²) in [7, 11) is 0. The Balaban J connectivity index is 2.42. The summed E-state index contributed by atoms with van der Waals surface area (Å²) in [5, 5.41) is 9.63. The highest BCUT2D eigenvalue weighted by atomic mass is 35.5. The Labute approximate surface area is 121 Å². The number of ketones is 1. The molecule has 1 unspecified atom stereocenters. The molecule has 2 nitrogen and oxygen atoms in total. The van der Waals surface area contributed by atoms with Crippen LogP contribution in [0.3, 0.4) is 0 Å². The van der Waals surface area contributed by atoms with E-state index in [2.05, 4.69) is 0 Å². The number of benzene rings is 2. The minimum absolute atomic E-state index is 0.0803. The molecule has 0 bridgehead atoms. The van der Waals surface area contributed by atoms with E-state index >= 15 is 0 Å². The molecular weight excluding hydrogens is 277 g/mol. The van der Waals surface area contributed by atoms with Gasteiger partial charge in [0.05, 0.1) is 6.07 Å². The summed E-state index contributed by atoms with van der Waals surface area (Å²) >= 11 is 5.97. The van der Waals surface area contributed by atoms with Crippen molar-refractivity contribution in [3.05, 3.63) is 70.0 Å². The van der Waals surface area contributed by atoms with Crippen LogP contribution in [0.25, 0.3) is 0 Å². The van der Waals surface area contributed by atoms with Gasteiger partial charge in [0.1, 0.15) is 11.7 Å². The van der Waals surface area contributed by atoms with E-state index in [-0.39, 0.29) is 5.56 Å². The number of aryl methyl sites for hydroxylation is 1.